The lowest BCUT2D eigenvalue weighted by Crippen LogP contribution is -2.33. The highest BCUT2D eigenvalue weighted by Gasteiger charge is 2.06. The van der Waals surface area contributed by atoms with Crippen molar-refractivity contribution < 1.29 is 14.3 Å². The fraction of sp³-hybridized carbons (Fsp3) is 0.333. The van der Waals surface area contributed by atoms with Gasteiger partial charge in [-0.25, -0.2) is 9.59 Å². The minimum Gasteiger partial charge on any atom is -0.464 e. The van der Waals surface area contributed by atoms with Crippen LogP contribution in [0.3, 0.4) is 0 Å². The van der Waals surface area contributed by atoms with Gasteiger partial charge in [-0.15, -0.1) is 10.2 Å². The largest absolute Gasteiger partial charge is 0.464 e. The number of primary amides is 1. The highest BCUT2D eigenvalue weighted by Crippen LogP contribution is 2.02. The Morgan fingerprint density at radius 3 is 2.65 bits per heavy atom. The molecule has 4 N–H and O–H groups in total. The minimum absolute atomic E-state index is 0.133. The van der Waals surface area contributed by atoms with Crippen molar-refractivity contribution in [3.05, 3.63) is 17.8 Å². The number of amides is 2. The van der Waals surface area contributed by atoms with Crippen LogP contribution >= 0.6 is 0 Å². The summed E-state index contributed by atoms with van der Waals surface area (Å²) in [4.78, 5) is 21.4. The van der Waals surface area contributed by atoms with Crippen LogP contribution in [0.2, 0.25) is 0 Å². The van der Waals surface area contributed by atoms with E-state index >= 15 is 0 Å². The quantitative estimate of drug-likeness (QED) is 0.463. The van der Waals surface area contributed by atoms with Crippen LogP contribution in [0, 0.1) is 0 Å². The number of carbonyl (C=O) groups is 2. The van der Waals surface area contributed by atoms with Crippen LogP contribution < -0.4 is 16.4 Å². The van der Waals surface area contributed by atoms with Gasteiger partial charge in [0.05, 0.1) is 7.11 Å². The third-order valence-electron chi connectivity index (χ3n) is 1.79. The average Bonchev–Trinajstić information content (AvgIpc) is 2.34. The molecule has 17 heavy (non-hydrogen) atoms. The Morgan fingerprint density at radius 2 is 2.12 bits per heavy atom. The molecule has 92 valence electrons. The monoisotopic (exact) mass is 239 g/mol. The number of aromatic nitrogens is 2. The summed E-state index contributed by atoms with van der Waals surface area (Å²) in [5, 5.41) is 12.7. The van der Waals surface area contributed by atoms with Crippen molar-refractivity contribution in [2.24, 2.45) is 5.73 Å². The number of urea groups is 1. The van der Waals surface area contributed by atoms with Crippen LogP contribution in [0.25, 0.3) is 0 Å². The van der Waals surface area contributed by atoms with Crippen LogP contribution in [0.1, 0.15) is 10.5 Å². The Kier molecular flexibility index (Phi) is 4.67. The van der Waals surface area contributed by atoms with E-state index in [9.17, 15) is 9.59 Å². The van der Waals surface area contributed by atoms with E-state index in [0.717, 1.165) is 0 Å². The van der Waals surface area contributed by atoms with Crippen LogP contribution in [-0.2, 0) is 4.74 Å². The number of methoxy groups -OCH3 is 1. The Bertz CT molecular complexity index is 392. The van der Waals surface area contributed by atoms with Gasteiger partial charge in [-0.1, -0.05) is 0 Å². The van der Waals surface area contributed by atoms with Gasteiger partial charge in [-0.3, -0.25) is 0 Å². The highest BCUT2D eigenvalue weighted by molar-refractivity contribution is 5.86. The molecule has 1 aromatic rings. The van der Waals surface area contributed by atoms with Gasteiger partial charge in [0, 0.05) is 13.1 Å². The van der Waals surface area contributed by atoms with Gasteiger partial charge in [0.15, 0.2) is 5.69 Å². The predicted molar refractivity (Wildman–Crippen MR) is 59.4 cm³/mol. The van der Waals surface area contributed by atoms with Crippen molar-refractivity contribution in [3.8, 4) is 0 Å². The smallest absolute Gasteiger partial charge is 0.358 e. The number of esters is 1. The maximum atomic E-state index is 11.1. The number of hydrogen-bond acceptors (Lipinski definition) is 6. The zero-order chi connectivity index (χ0) is 12.7. The summed E-state index contributed by atoms with van der Waals surface area (Å²) in [5.41, 5.74) is 5.02. The van der Waals surface area contributed by atoms with E-state index in [0.29, 0.717) is 18.9 Å². The summed E-state index contributed by atoms with van der Waals surface area (Å²) in [6, 6.07) is 2.49. The number of hydrogen-bond donors (Lipinski definition) is 3. The molecule has 0 unspecified atom stereocenters. The SMILES string of the molecule is COC(=O)c1ccc(NCCNC(N)=O)nn1. The summed E-state index contributed by atoms with van der Waals surface area (Å²) in [7, 11) is 1.27. The highest BCUT2D eigenvalue weighted by atomic mass is 16.5. The summed E-state index contributed by atoms with van der Waals surface area (Å²) in [6.45, 7) is 0.824. The van der Waals surface area contributed by atoms with Gasteiger partial charge in [-0.2, -0.15) is 0 Å². The molecule has 1 aromatic heterocycles. The summed E-state index contributed by atoms with van der Waals surface area (Å²) < 4.78 is 4.48. The summed E-state index contributed by atoms with van der Waals surface area (Å²) in [5.74, 6) is -0.0524. The van der Waals surface area contributed by atoms with E-state index in [1.54, 1.807) is 6.07 Å². The second-order valence-electron chi connectivity index (χ2n) is 3.01. The van der Waals surface area contributed by atoms with E-state index in [2.05, 4.69) is 25.6 Å². The van der Waals surface area contributed by atoms with Gasteiger partial charge < -0.3 is 21.1 Å². The van der Waals surface area contributed by atoms with E-state index in [1.807, 2.05) is 0 Å². The van der Waals surface area contributed by atoms with Crippen molar-refractivity contribution in [1.29, 1.82) is 0 Å². The molecular formula is C9H13N5O3. The van der Waals surface area contributed by atoms with Crippen molar-refractivity contribution in [2.45, 2.75) is 0 Å². The lowest BCUT2D eigenvalue weighted by Gasteiger charge is -2.05. The van der Waals surface area contributed by atoms with Crippen LogP contribution in [0.4, 0.5) is 10.6 Å². The lowest BCUT2D eigenvalue weighted by molar-refractivity contribution is 0.0592. The molecule has 0 aromatic carbocycles. The molecule has 8 nitrogen and oxygen atoms in total. The summed E-state index contributed by atoms with van der Waals surface area (Å²) >= 11 is 0. The second-order valence-corrected chi connectivity index (χ2v) is 3.01. The standard InChI is InChI=1S/C9H13N5O3/c1-17-8(15)6-2-3-7(14-13-6)11-4-5-12-9(10)16/h2-3H,4-5H2,1H3,(H,11,14)(H3,10,12,16). The first-order valence-corrected chi connectivity index (χ1v) is 4.82. The lowest BCUT2D eigenvalue weighted by atomic mass is 10.4. The molecule has 0 aliphatic rings. The molecule has 2 amide bonds. The van der Waals surface area contributed by atoms with E-state index in [1.165, 1.54) is 13.2 Å². The van der Waals surface area contributed by atoms with Gasteiger partial charge in [0.1, 0.15) is 5.82 Å². The Hall–Kier alpha value is -2.38. The van der Waals surface area contributed by atoms with Gasteiger partial charge >= 0.3 is 12.0 Å². The fourth-order valence-electron chi connectivity index (χ4n) is 1.02. The third-order valence-corrected chi connectivity index (χ3v) is 1.79. The molecule has 0 radical (unpaired) electrons. The molecule has 8 heteroatoms. The average molecular weight is 239 g/mol. The van der Waals surface area contributed by atoms with Crippen LogP contribution in [0.5, 0.6) is 0 Å². The number of nitrogens with one attached hydrogen (secondary N) is 2. The first-order valence-electron chi connectivity index (χ1n) is 4.82. The Balaban J connectivity index is 2.40. The predicted octanol–water partition coefficient (Wildman–Crippen LogP) is -0.657. The molecule has 0 fully saturated rings. The van der Waals surface area contributed by atoms with Crippen molar-refractivity contribution in [1.82, 2.24) is 15.5 Å². The number of carbonyl (C=O) groups excluding carboxylic acids is 2. The molecule has 1 heterocycles. The second kappa shape index (κ2) is 6.26. The molecule has 0 bridgehead atoms. The Morgan fingerprint density at radius 1 is 1.35 bits per heavy atom. The van der Waals surface area contributed by atoms with Crippen molar-refractivity contribution >= 4 is 17.8 Å². The van der Waals surface area contributed by atoms with Gasteiger partial charge in [0.25, 0.3) is 0 Å². The normalized spacial score (nSPS) is 9.47. The first kappa shape index (κ1) is 12.7. The number of ether oxygens (including phenoxy) is 1. The molecule has 1 rings (SSSR count). The number of rotatable bonds is 5. The number of nitrogens with two attached hydrogens (primary N) is 1. The van der Waals surface area contributed by atoms with Crippen molar-refractivity contribution in [3.63, 3.8) is 0 Å². The number of anilines is 1. The molecule has 0 saturated heterocycles. The van der Waals surface area contributed by atoms with E-state index in [4.69, 9.17) is 5.73 Å². The fourth-order valence-corrected chi connectivity index (χ4v) is 1.02. The number of nitrogens with zero attached hydrogens (tertiary/aromatic N) is 2. The minimum atomic E-state index is -0.584. The Labute approximate surface area is 97.5 Å². The van der Waals surface area contributed by atoms with Gasteiger partial charge in [0.2, 0.25) is 0 Å². The molecule has 0 aliphatic carbocycles. The first-order chi connectivity index (χ1) is 8.13. The van der Waals surface area contributed by atoms with Crippen LogP contribution in [0.15, 0.2) is 12.1 Å². The maximum Gasteiger partial charge on any atom is 0.358 e. The molecular weight excluding hydrogens is 226 g/mol. The topological polar surface area (TPSA) is 119 Å². The molecule has 0 atom stereocenters. The van der Waals surface area contributed by atoms with Gasteiger partial charge in [-0.05, 0) is 12.1 Å². The van der Waals surface area contributed by atoms with Crippen molar-refractivity contribution in [2.75, 3.05) is 25.5 Å². The van der Waals surface area contributed by atoms with Crippen LogP contribution in [-0.4, -0.2) is 42.4 Å². The molecule has 0 aliphatic heterocycles. The zero-order valence-corrected chi connectivity index (χ0v) is 9.27. The maximum absolute atomic E-state index is 11.1. The third kappa shape index (κ3) is 4.33. The summed E-state index contributed by atoms with van der Waals surface area (Å²) in [6.07, 6.45) is 0. The molecule has 0 saturated carbocycles. The zero-order valence-electron chi connectivity index (χ0n) is 9.27. The van der Waals surface area contributed by atoms with E-state index in [-0.39, 0.29) is 5.69 Å². The van der Waals surface area contributed by atoms with E-state index < -0.39 is 12.0 Å². The molecule has 0 spiro atoms.